The van der Waals surface area contributed by atoms with Gasteiger partial charge in [0.05, 0.1) is 15.1 Å². The van der Waals surface area contributed by atoms with Crippen molar-refractivity contribution in [3.8, 4) is 11.1 Å². The van der Waals surface area contributed by atoms with Crippen LogP contribution in [0.5, 0.6) is 0 Å². The summed E-state index contributed by atoms with van der Waals surface area (Å²) in [5, 5.41) is 0.248. The zero-order valence-corrected chi connectivity index (χ0v) is 11.2. The number of hydrogen-bond acceptors (Lipinski definition) is 1. The lowest BCUT2D eigenvalue weighted by Gasteiger charge is -2.01. The van der Waals surface area contributed by atoms with Crippen molar-refractivity contribution in [1.82, 2.24) is 0 Å². The van der Waals surface area contributed by atoms with Gasteiger partial charge in [-0.25, -0.2) is 0 Å². The van der Waals surface area contributed by atoms with Crippen molar-refractivity contribution in [1.29, 1.82) is 0 Å². The number of hydrogen-bond donors (Lipinski definition) is 0. The zero-order valence-electron chi connectivity index (χ0n) is 21.4. The molecule has 0 saturated carbocycles. The molecule has 1 aromatic heterocycles. The Morgan fingerprint density at radius 2 is 1.45 bits per heavy atom. The fourth-order valence-corrected chi connectivity index (χ4v) is 3.04. The Hall–Kier alpha value is -2.12. The zero-order chi connectivity index (χ0) is 23.1. The van der Waals surface area contributed by atoms with E-state index in [-0.39, 0.29) is 56.8 Å². The molecule has 3 aromatic carbocycles. The van der Waals surface area contributed by atoms with Gasteiger partial charge in [0.25, 0.3) is 0 Å². The van der Waals surface area contributed by atoms with Crippen LogP contribution in [-0.2, 0) is 0 Å². The van der Waals surface area contributed by atoms with Gasteiger partial charge in [-0.05, 0) is 35.7 Å². The first-order chi connectivity index (χ1) is 14.4. The Balaban J connectivity index is 2.27. The molecule has 4 rings (SSSR count). The molecular formula is C19H14S. The Morgan fingerprint density at radius 1 is 0.750 bits per heavy atom. The number of benzene rings is 3. The SMILES string of the molecule is [2H]c1c([2H])c([2H])c(-c2c([2H])c([2H])c3c(sc4c([2H])c(C)c([2H])c([2H])c43)c2[2H])c([2H])c1[2H]. The predicted molar refractivity (Wildman–Crippen MR) is 89.5 cm³/mol. The van der Waals surface area contributed by atoms with Gasteiger partial charge >= 0.3 is 0 Å². The van der Waals surface area contributed by atoms with Crippen molar-refractivity contribution in [3.05, 3.63) is 72.0 Å². The van der Waals surface area contributed by atoms with E-state index >= 15 is 0 Å². The van der Waals surface area contributed by atoms with Crippen LogP contribution in [0.1, 0.15) is 20.6 Å². The molecule has 0 nitrogen and oxygen atoms in total. The topological polar surface area (TPSA) is 0 Å². The van der Waals surface area contributed by atoms with Gasteiger partial charge in [0.1, 0.15) is 0 Å². The number of rotatable bonds is 1. The van der Waals surface area contributed by atoms with E-state index in [1.54, 1.807) is 6.92 Å². The minimum atomic E-state index is -0.603. The van der Waals surface area contributed by atoms with Crippen molar-refractivity contribution in [3.63, 3.8) is 0 Å². The van der Waals surface area contributed by atoms with Crippen LogP contribution in [0.15, 0.2) is 66.5 Å². The number of fused-ring (bicyclic) bond motifs is 3. The Labute approximate surface area is 137 Å². The number of thiophene rings is 1. The molecule has 0 radical (unpaired) electrons. The van der Waals surface area contributed by atoms with Crippen LogP contribution in [-0.4, -0.2) is 0 Å². The largest absolute Gasteiger partial charge is 0.135 e. The van der Waals surface area contributed by atoms with Gasteiger partial charge in [-0.1, -0.05) is 54.4 Å². The minimum Gasteiger partial charge on any atom is -0.135 e. The second-order valence-corrected chi connectivity index (χ2v) is 5.28. The smallest absolute Gasteiger partial charge is 0.0644 e. The van der Waals surface area contributed by atoms with Crippen LogP contribution >= 0.6 is 11.3 Å². The summed E-state index contributed by atoms with van der Waals surface area (Å²) in [5.74, 6) is 0. The van der Waals surface area contributed by atoms with E-state index in [0.717, 1.165) is 11.3 Å². The predicted octanol–water partition coefficient (Wildman–Crippen LogP) is 6.03. The maximum Gasteiger partial charge on any atom is 0.0644 e. The van der Waals surface area contributed by atoms with Crippen LogP contribution in [0.25, 0.3) is 31.3 Å². The van der Waals surface area contributed by atoms with E-state index in [9.17, 15) is 0 Å². The van der Waals surface area contributed by atoms with E-state index in [1.165, 1.54) is 0 Å². The third-order valence-corrected chi connectivity index (χ3v) is 3.91. The molecule has 0 amide bonds. The van der Waals surface area contributed by atoms with Gasteiger partial charge in [-0.15, -0.1) is 11.3 Å². The van der Waals surface area contributed by atoms with E-state index < -0.39 is 36.3 Å². The van der Waals surface area contributed by atoms with Crippen LogP contribution in [0, 0.1) is 6.92 Å². The summed E-state index contributed by atoms with van der Waals surface area (Å²) in [6.45, 7) is 1.55. The fourth-order valence-electron chi connectivity index (χ4n) is 1.97. The molecule has 0 fully saturated rings. The third-order valence-electron chi connectivity index (χ3n) is 2.89. The normalized spacial score (nSPS) is 18.9. The van der Waals surface area contributed by atoms with Crippen LogP contribution < -0.4 is 0 Å². The summed E-state index contributed by atoms with van der Waals surface area (Å²) in [4.78, 5) is 0. The van der Waals surface area contributed by atoms with E-state index in [4.69, 9.17) is 15.1 Å². The van der Waals surface area contributed by atoms with Gasteiger partial charge in [-0.3, -0.25) is 0 Å². The molecule has 20 heavy (non-hydrogen) atoms. The fraction of sp³-hybridized carbons (Fsp3) is 0.0526. The minimum absolute atomic E-state index is 0.00638. The molecule has 1 heteroatoms. The monoisotopic (exact) mass is 285 g/mol. The molecular weight excluding hydrogens is 260 g/mol. The molecule has 0 saturated heterocycles. The van der Waals surface area contributed by atoms with Crippen molar-refractivity contribution in [2.75, 3.05) is 0 Å². The third kappa shape index (κ3) is 1.83. The summed E-state index contributed by atoms with van der Waals surface area (Å²) in [5.41, 5.74) is -0.301. The maximum absolute atomic E-state index is 8.68. The first-order valence-electron chi connectivity index (χ1n) is 11.4. The van der Waals surface area contributed by atoms with E-state index in [0.29, 0.717) is 10.3 Å². The van der Waals surface area contributed by atoms with E-state index in [2.05, 4.69) is 0 Å². The van der Waals surface area contributed by atoms with Gasteiger partial charge in [0.2, 0.25) is 0 Å². The second kappa shape index (κ2) is 4.46. The lowest BCUT2D eigenvalue weighted by atomic mass is 10.0. The molecule has 96 valence electrons. The first kappa shape index (κ1) is 5.01. The van der Waals surface area contributed by atoms with Gasteiger partial charge in [0, 0.05) is 20.2 Å². The highest BCUT2D eigenvalue weighted by Crippen LogP contribution is 2.36. The van der Waals surface area contributed by atoms with Crippen molar-refractivity contribution in [2.24, 2.45) is 0 Å². The Bertz CT molecular complexity index is 1420. The lowest BCUT2D eigenvalue weighted by Crippen LogP contribution is -1.76. The summed E-state index contributed by atoms with van der Waals surface area (Å²) in [7, 11) is 0. The molecule has 1 heterocycles. The maximum atomic E-state index is 8.68. The molecule has 0 aliphatic heterocycles. The van der Waals surface area contributed by atoms with Crippen molar-refractivity contribution < 1.29 is 15.1 Å². The van der Waals surface area contributed by atoms with Gasteiger partial charge in [-0.2, -0.15) is 0 Å². The molecule has 0 spiro atoms. The average Bonchev–Trinajstić information content (AvgIpc) is 3.15. The highest BCUT2D eigenvalue weighted by Gasteiger charge is 2.06. The van der Waals surface area contributed by atoms with Crippen molar-refractivity contribution in [2.45, 2.75) is 6.92 Å². The molecule has 4 aromatic rings. The van der Waals surface area contributed by atoms with Gasteiger partial charge < -0.3 is 0 Å². The Kier molecular flexibility index (Phi) is 1.12. The summed E-state index contributed by atoms with van der Waals surface area (Å²) in [6.07, 6.45) is 0. The highest BCUT2D eigenvalue weighted by molar-refractivity contribution is 7.25. The molecule has 0 unspecified atom stereocenters. The molecule has 0 bridgehead atoms. The standard InChI is InChI=1S/C19H14S/c1-13-7-9-16-17-10-8-15(14-5-3-2-4-6-14)12-19(17)20-18(16)11-13/h2-12H,1H3/i2D,3D,4D,5D,6D,7D,8D,9D,10D,11D,12D. The molecule has 0 aliphatic rings. The molecule has 0 atom stereocenters. The summed E-state index contributed by atoms with van der Waals surface area (Å²) in [6, 6.07) is -4.49. The first-order valence-corrected chi connectivity index (χ1v) is 6.72. The Morgan fingerprint density at radius 3 is 2.25 bits per heavy atom. The van der Waals surface area contributed by atoms with Crippen LogP contribution in [0.3, 0.4) is 0 Å². The molecule has 0 aliphatic carbocycles. The average molecular weight is 285 g/mol. The lowest BCUT2D eigenvalue weighted by molar-refractivity contribution is 1.52. The quantitative estimate of drug-likeness (QED) is 0.400. The van der Waals surface area contributed by atoms with Gasteiger partial charge in [0.15, 0.2) is 0 Å². The van der Waals surface area contributed by atoms with Crippen molar-refractivity contribution >= 4 is 31.5 Å². The van der Waals surface area contributed by atoms with Crippen LogP contribution in [0.4, 0.5) is 0 Å². The van der Waals surface area contributed by atoms with Crippen LogP contribution in [0.2, 0.25) is 0 Å². The second-order valence-electron chi connectivity index (χ2n) is 4.26. The summed E-state index contributed by atoms with van der Waals surface area (Å²) >= 11 is 0.972. The van der Waals surface area contributed by atoms with E-state index in [1.807, 2.05) is 0 Å². The summed E-state index contributed by atoms with van der Waals surface area (Å²) < 4.78 is 90.9. The molecule has 0 N–H and O–H groups in total. The highest BCUT2D eigenvalue weighted by atomic mass is 32.1.